The van der Waals surface area contributed by atoms with E-state index < -0.39 is 14.1 Å². The lowest BCUT2D eigenvalue weighted by atomic mass is 9.80. The fourth-order valence-corrected chi connectivity index (χ4v) is 8.00. The van der Waals surface area contributed by atoms with E-state index in [0.29, 0.717) is 38.3 Å². The summed E-state index contributed by atoms with van der Waals surface area (Å²) in [7, 11) is 2.25. The van der Waals surface area contributed by atoms with Gasteiger partial charge in [0.2, 0.25) is 0 Å². The summed E-state index contributed by atoms with van der Waals surface area (Å²) in [6.45, 7) is 10.5. The average Bonchev–Trinajstić information content (AvgIpc) is 3.13. The molecule has 0 fully saturated rings. The van der Waals surface area contributed by atoms with Crippen LogP contribution in [0.3, 0.4) is 0 Å². The van der Waals surface area contributed by atoms with Gasteiger partial charge in [-0.3, -0.25) is 0 Å². The number of unbranched alkanes of at least 4 members (excludes halogenated alkanes) is 9. The standard InChI is InChI=1S/C42H61N2O5P/c1-35(2)44(36(3)4)50(49-34-20-31-43)48-33-19-14-12-10-8-7-9-11-13-18-32-47-42(37-21-16-15-17-22-37,38-23-27-40(45-5)28-24-38)39-25-29-41(46-6)30-26-39/h15-17,21-30,35-36H,7-14,18-20,32-34H2,1-6H3. The second-order valence-electron chi connectivity index (χ2n) is 13.3. The van der Waals surface area contributed by atoms with Gasteiger partial charge in [0, 0.05) is 18.7 Å². The Kier molecular flexibility index (Phi) is 19.5. The van der Waals surface area contributed by atoms with Gasteiger partial charge in [0.15, 0.2) is 0 Å². The van der Waals surface area contributed by atoms with E-state index in [1.54, 1.807) is 14.2 Å². The molecule has 0 aliphatic rings. The number of hydrogen-bond donors (Lipinski definition) is 0. The molecule has 3 rings (SSSR count). The van der Waals surface area contributed by atoms with Crippen LogP contribution in [0, 0.1) is 11.3 Å². The first-order valence-electron chi connectivity index (χ1n) is 18.6. The number of hydrogen-bond acceptors (Lipinski definition) is 7. The molecule has 0 N–H and O–H groups in total. The molecule has 1 unspecified atom stereocenters. The molecule has 50 heavy (non-hydrogen) atoms. The molecule has 0 saturated carbocycles. The maximum absolute atomic E-state index is 8.91. The first-order chi connectivity index (χ1) is 24.4. The zero-order valence-electron chi connectivity index (χ0n) is 31.4. The Morgan fingerprint density at radius 1 is 0.580 bits per heavy atom. The molecule has 8 heteroatoms. The third kappa shape index (κ3) is 13.0. The molecular formula is C42H61N2O5P. The maximum atomic E-state index is 8.91. The summed E-state index contributed by atoms with van der Waals surface area (Å²) in [6.07, 6.45) is 12.3. The minimum atomic E-state index is -1.14. The van der Waals surface area contributed by atoms with Crippen molar-refractivity contribution in [2.75, 3.05) is 34.0 Å². The summed E-state index contributed by atoms with van der Waals surface area (Å²) in [4.78, 5) is 0. The molecule has 3 aromatic rings. The molecule has 0 aliphatic carbocycles. The van der Waals surface area contributed by atoms with Crippen molar-refractivity contribution in [3.63, 3.8) is 0 Å². The van der Waals surface area contributed by atoms with Crippen LogP contribution in [-0.2, 0) is 19.4 Å². The molecule has 0 aromatic heterocycles. The predicted octanol–water partition coefficient (Wildman–Crippen LogP) is 11.2. The largest absolute Gasteiger partial charge is 0.497 e. The molecule has 0 saturated heterocycles. The summed E-state index contributed by atoms with van der Waals surface area (Å²) in [5, 5.41) is 8.91. The zero-order valence-corrected chi connectivity index (χ0v) is 32.3. The highest BCUT2D eigenvalue weighted by atomic mass is 31.2. The Labute approximate surface area is 304 Å². The number of nitrogens with zero attached hydrogens (tertiary/aromatic N) is 2. The van der Waals surface area contributed by atoms with Gasteiger partial charge >= 0.3 is 0 Å². The lowest BCUT2D eigenvalue weighted by molar-refractivity contribution is 0.0106. The van der Waals surface area contributed by atoms with E-state index in [-0.39, 0.29) is 0 Å². The summed E-state index contributed by atoms with van der Waals surface area (Å²) < 4.78 is 32.4. The molecule has 0 aliphatic heterocycles. The molecule has 0 bridgehead atoms. The van der Waals surface area contributed by atoms with Gasteiger partial charge in [-0.15, -0.1) is 0 Å². The Balaban J connectivity index is 1.42. The average molecular weight is 705 g/mol. The number of rotatable bonds is 26. The minimum absolute atomic E-state index is 0.331. The van der Waals surface area contributed by atoms with Crippen LogP contribution in [0.2, 0.25) is 0 Å². The normalized spacial score (nSPS) is 12.4. The van der Waals surface area contributed by atoms with Gasteiger partial charge in [-0.2, -0.15) is 5.26 Å². The van der Waals surface area contributed by atoms with Crippen molar-refractivity contribution in [1.82, 2.24) is 4.67 Å². The Morgan fingerprint density at radius 3 is 1.44 bits per heavy atom. The first kappa shape index (κ1) is 41.4. The van der Waals surface area contributed by atoms with Gasteiger partial charge in [0.05, 0.1) is 39.9 Å². The highest BCUT2D eigenvalue weighted by Gasteiger charge is 2.37. The van der Waals surface area contributed by atoms with E-state index in [1.807, 2.05) is 30.3 Å². The van der Waals surface area contributed by atoms with E-state index in [4.69, 9.17) is 28.5 Å². The van der Waals surface area contributed by atoms with Crippen molar-refractivity contribution in [1.29, 1.82) is 5.26 Å². The second kappa shape index (κ2) is 23.5. The van der Waals surface area contributed by atoms with Gasteiger partial charge in [-0.05, 0) is 81.5 Å². The Hall–Kier alpha value is -2.98. The summed E-state index contributed by atoms with van der Waals surface area (Å²) in [6, 6.07) is 29.8. The summed E-state index contributed by atoms with van der Waals surface area (Å²) in [5.41, 5.74) is 2.48. The van der Waals surface area contributed by atoms with Gasteiger partial charge in [-0.25, -0.2) is 4.67 Å². The van der Waals surface area contributed by atoms with Crippen LogP contribution < -0.4 is 9.47 Å². The fraction of sp³-hybridized carbons (Fsp3) is 0.548. The van der Waals surface area contributed by atoms with E-state index in [1.165, 1.54) is 44.9 Å². The lowest BCUT2D eigenvalue weighted by Gasteiger charge is -2.36. The number of ether oxygens (including phenoxy) is 3. The van der Waals surface area contributed by atoms with Crippen molar-refractivity contribution in [2.45, 2.75) is 116 Å². The van der Waals surface area contributed by atoms with E-state index in [9.17, 15) is 0 Å². The van der Waals surface area contributed by atoms with E-state index in [0.717, 1.165) is 47.5 Å². The van der Waals surface area contributed by atoms with Crippen molar-refractivity contribution in [3.8, 4) is 17.6 Å². The van der Waals surface area contributed by atoms with Gasteiger partial charge in [0.25, 0.3) is 8.53 Å². The molecule has 0 spiro atoms. The number of methoxy groups -OCH3 is 2. The number of nitriles is 1. The highest BCUT2D eigenvalue weighted by molar-refractivity contribution is 7.44. The van der Waals surface area contributed by atoms with Gasteiger partial charge in [-0.1, -0.05) is 106 Å². The molecule has 0 amide bonds. The fourth-order valence-electron chi connectivity index (χ4n) is 6.37. The monoisotopic (exact) mass is 704 g/mol. The Morgan fingerprint density at radius 2 is 1.00 bits per heavy atom. The summed E-state index contributed by atoms with van der Waals surface area (Å²) >= 11 is 0. The van der Waals surface area contributed by atoms with Crippen LogP contribution in [0.1, 0.15) is 115 Å². The first-order valence-corrected chi connectivity index (χ1v) is 19.7. The van der Waals surface area contributed by atoms with Crippen LogP contribution in [0.15, 0.2) is 78.9 Å². The molecule has 0 radical (unpaired) electrons. The van der Waals surface area contributed by atoms with Crippen molar-refractivity contribution in [3.05, 3.63) is 95.6 Å². The smallest absolute Gasteiger partial charge is 0.259 e. The van der Waals surface area contributed by atoms with Crippen molar-refractivity contribution >= 4 is 8.53 Å². The number of benzene rings is 3. The lowest BCUT2D eigenvalue weighted by Crippen LogP contribution is -2.33. The predicted molar refractivity (Wildman–Crippen MR) is 206 cm³/mol. The van der Waals surface area contributed by atoms with Crippen molar-refractivity contribution < 1.29 is 23.3 Å². The zero-order chi connectivity index (χ0) is 36.0. The molecule has 1 atom stereocenters. The van der Waals surface area contributed by atoms with Crippen LogP contribution in [-0.4, -0.2) is 50.8 Å². The molecule has 0 heterocycles. The second-order valence-corrected chi connectivity index (χ2v) is 14.7. The van der Waals surface area contributed by atoms with E-state index in [2.05, 4.69) is 87.0 Å². The van der Waals surface area contributed by atoms with E-state index >= 15 is 0 Å². The van der Waals surface area contributed by atoms with Crippen LogP contribution in [0.4, 0.5) is 0 Å². The van der Waals surface area contributed by atoms with Crippen molar-refractivity contribution in [2.24, 2.45) is 0 Å². The molecular weight excluding hydrogens is 643 g/mol. The third-order valence-electron chi connectivity index (χ3n) is 8.89. The van der Waals surface area contributed by atoms with Crippen LogP contribution in [0.25, 0.3) is 0 Å². The van der Waals surface area contributed by atoms with Crippen LogP contribution in [0.5, 0.6) is 11.5 Å². The van der Waals surface area contributed by atoms with Gasteiger partial charge in [0.1, 0.15) is 17.1 Å². The highest BCUT2D eigenvalue weighted by Crippen LogP contribution is 2.46. The third-order valence-corrected chi connectivity index (χ3v) is 11.0. The Bertz CT molecular complexity index is 1290. The van der Waals surface area contributed by atoms with Crippen LogP contribution >= 0.6 is 8.53 Å². The summed E-state index contributed by atoms with van der Waals surface area (Å²) in [5.74, 6) is 1.64. The topological polar surface area (TPSA) is 73.2 Å². The molecule has 274 valence electrons. The minimum Gasteiger partial charge on any atom is -0.497 e. The molecule has 3 aromatic carbocycles. The quantitative estimate of drug-likeness (QED) is 0.0468. The van der Waals surface area contributed by atoms with Gasteiger partial charge < -0.3 is 23.3 Å². The molecule has 7 nitrogen and oxygen atoms in total. The SMILES string of the molecule is COc1ccc(C(OCCCCCCCCCCCCOP(OCCC#N)N(C(C)C)C(C)C)(c2ccccc2)c2ccc(OC)cc2)cc1. The maximum Gasteiger partial charge on any atom is 0.259 e.